The molecule has 7 nitrogen and oxygen atoms in total. The smallest absolute Gasteiger partial charge is 0.254 e. The number of benzene rings is 2. The average Bonchev–Trinajstić information content (AvgIpc) is 3.10. The maximum atomic E-state index is 14.0. The van der Waals surface area contributed by atoms with Crippen LogP contribution >= 0.6 is 11.6 Å². The van der Waals surface area contributed by atoms with Crippen LogP contribution in [0.25, 0.3) is 0 Å². The summed E-state index contributed by atoms with van der Waals surface area (Å²) < 4.78 is 11.3. The summed E-state index contributed by atoms with van der Waals surface area (Å²) in [6.07, 6.45) is 3.06. The summed E-state index contributed by atoms with van der Waals surface area (Å²) in [6, 6.07) is 10.8. The van der Waals surface area contributed by atoms with E-state index in [1.807, 2.05) is 30.3 Å². The van der Waals surface area contributed by atoms with Crippen LogP contribution in [0.1, 0.15) is 36.8 Å². The van der Waals surface area contributed by atoms with Crippen molar-refractivity contribution >= 4 is 29.1 Å². The number of nitrogens with zero attached hydrogens (tertiary/aromatic N) is 2. The summed E-state index contributed by atoms with van der Waals surface area (Å²) in [5, 5.41) is 3.60. The van der Waals surface area contributed by atoms with Gasteiger partial charge in [-0.2, -0.15) is 0 Å². The van der Waals surface area contributed by atoms with Crippen molar-refractivity contribution in [1.82, 2.24) is 9.80 Å². The van der Waals surface area contributed by atoms with Crippen LogP contribution in [-0.4, -0.2) is 62.5 Å². The van der Waals surface area contributed by atoms with E-state index in [9.17, 15) is 9.59 Å². The average molecular weight is 472 g/mol. The SMILES string of the molecule is COc1ccc(OC)c(C2(N3CCCCC3CC(=O)N(C)C)C(=O)Nc3ccc(Cl)cc32)c1. The number of halogens is 1. The predicted octanol–water partition coefficient (Wildman–Crippen LogP) is 3.89. The first kappa shape index (κ1) is 23.4. The highest BCUT2D eigenvalue weighted by molar-refractivity contribution is 6.31. The van der Waals surface area contributed by atoms with Crippen LogP contribution in [0.15, 0.2) is 36.4 Å². The number of ether oxygens (including phenoxy) is 2. The Bertz CT molecular complexity index is 1070. The summed E-state index contributed by atoms with van der Waals surface area (Å²) in [7, 11) is 6.70. The molecule has 2 atom stereocenters. The highest BCUT2D eigenvalue weighted by Crippen LogP contribution is 2.51. The van der Waals surface area contributed by atoms with Gasteiger partial charge in [0.2, 0.25) is 5.91 Å². The Hall–Kier alpha value is -2.77. The molecule has 0 radical (unpaired) electrons. The number of nitrogens with one attached hydrogen (secondary N) is 1. The first-order chi connectivity index (χ1) is 15.8. The molecule has 1 saturated heterocycles. The molecule has 1 N–H and O–H groups in total. The summed E-state index contributed by atoms with van der Waals surface area (Å²) in [4.78, 5) is 30.5. The van der Waals surface area contributed by atoms with E-state index in [2.05, 4.69) is 10.2 Å². The number of likely N-dealkylation sites (tertiary alicyclic amines) is 1. The Kier molecular flexibility index (Phi) is 6.54. The number of piperidine rings is 1. The van der Waals surface area contributed by atoms with Crippen molar-refractivity contribution < 1.29 is 19.1 Å². The number of rotatable bonds is 6. The van der Waals surface area contributed by atoms with Gasteiger partial charge in [-0.25, -0.2) is 0 Å². The second kappa shape index (κ2) is 9.23. The lowest BCUT2D eigenvalue weighted by molar-refractivity contribution is -0.135. The second-order valence-corrected chi connectivity index (χ2v) is 9.19. The van der Waals surface area contributed by atoms with Crippen LogP contribution in [-0.2, 0) is 15.1 Å². The van der Waals surface area contributed by atoms with Crippen LogP contribution in [0, 0.1) is 0 Å². The van der Waals surface area contributed by atoms with Crippen molar-refractivity contribution in [3.05, 3.63) is 52.5 Å². The molecule has 2 amide bonds. The number of anilines is 1. The van der Waals surface area contributed by atoms with E-state index < -0.39 is 5.54 Å². The first-order valence-electron chi connectivity index (χ1n) is 11.1. The molecule has 4 rings (SSSR count). The van der Waals surface area contributed by atoms with E-state index in [1.165, 1.54) is 0 Å². The predicted molar refractivity (Wildman–Crippen MR) is 128 cm³/mol. The number of hydrogen-bond donors (Lipinski definition) is 1. The molecule has 0 bridgehead atoms. The fraction of sp³-hybridized carbons (Fsp3) is 0.440. The summed E-state index contributed by atoms with van der Waals surface area (Å²) in [5.41, 5.74) is 0.929. The van der Waals surface area contributed by atoms with Gasteiger partial charge in [-0.3, -0.25) is 14.5 Å². The van der Waals surface area contributed by atoms with Gasteiger partial charge < -0.3 is 19.7 Å². The molecule has 2 aliphatic heterocycles. The molecular weight excluding hydrogens is 442 g/mol. The minimum absolute atomic E-state index is 0.0318. The molecule has 0 aliphatic carbocycles. The number of methoxy groups -OCH3 is 2. The Morgan fingerprint density at radius 3 is 2.64 bits per heavy atom. The monoisotopic (exact) mass is 471 g/mol. The number of amides is 2. The number of carbonyl (C=O) groups excluding carboxylic acids is 2. The van der Waals surface area contributed by atoms with Crippen molar-refractivity contribution in [1.29, 1.82) is 0 Å². The molecule has 8 heteroatoms. The van der Waals surface area contributed by atoms with Crippen molar-refractivity contribution in [3.8, 4) is 11.5 Å². The van der Waals surface area contributed by atoms with E-state index >= 15 is 0 Å². The van der Waals surface area contributed by atoms with Gasteiger partial charge >= 0.3 is 0 Å². The van der Waals surface area contributed by atoms with E-state index in [0.29, 0.717) is 40.7 Å². The molecule has 2 aromatic carbocycles. The minimum Gasteiger partial charge on any atom is -0.497 e. The van der Waals surface area contributed by atoms with Gasteiger partial charge in [-0.1, -0.05) is 18.0 Å². The molecule has 2 aliphatic rings. The van der Waals surface area contributed by atoms with E-state index in [-0.39, 0.29) is 17.9 Å². The molecule has 2 unspecified atom stereocenters. The normalized spacial score (nSPS) is 22.5. The van der Waals surface area contributed by atoms with E-state index in [4.69, 9.17) is 21.1 Å². The molecule has 2 heterocycles. The maximum Gasteiger partial charge on any atom is 0.254 e. The third-order valence-electron chi connectivity index (χ3n) is 6.71. The fourth-order valence-electron chi connectivity index (χ4n) is 5.10. The Balaban J connectivity index is 1.99. The van der Waals surface area contributed by atoms with Gasteiger partial charge in [0.25, 0.3) is 5.91 Å². The van der Waals surface area contributed by atoms with Crippen LogP contribution in [0.4, 0.5) is 5.69 Å². The van der Waals surface area contributed by atoms with Crippen LogP contribution in [0.3, 0.4) is 0 Å². The second-order valence-electron chi connectivity index (χ2n) is 8.76. The first-order valence-corrected chi connectivity index (χ1v) is 11.5. The van der Waals surface area contributed by atoms with Gasteiger partial charge in [0.05, 0.1) is 14.2 Å². The molecule has 0 aromatic heterocycles. The zero-order valence-corrected chi connectivity index (χ0v) is 20.2. The Morgan fingerprint density at radius 1 is 1.15 bits per heavy atom. The quantitative estimate of drug-likeness (QED) is 0.692. The summed E-state index contributed by atoms with van der Waals surface area (Å²) in [5.74, 6) is 1.04. The number of hydrogen-bond acceptors (Lipinski definition) is 5. The molecule has 176 valence electrons. The highest BCUT2D eigenvalue weighted by Gasteiger charge is 2.56. The van der Waals surface area contributed by atoms with Gasteiger partial charge in [0, 0.05) is 54.9 Å². The zero-order valence-electron chi connectivity index (χ0n) is 19.5. The topological polar surface area (TPSA) is 71.1 Å². The molecule has 1 fully saturated rings. The fourth-order valence-corrected chi connectivity index (χ4v) is 5.27. The highest BCUT2D eigenvalue weighted by atomic mass is 35.5. The third-order valence-corrected chi connectivity index (χ3v) is 6.95. The van der Waals surface area contributed by atoms with E-state index in [1.54, 1.807) is 39.3 Å². The lowest BCUT2D eigenvalue weighted by Gasteiger charge is -2.47. The van der Waals surface area contributed by atoms with Crippen LogP contribution < -0.4 is 14.8 Å². The van der Waals surface area contributed by atoms with E-state index in [0.717, 1.165) is 24.8 Å². The van der Waals surface area contributed by atoms with Crippen molar-refractivity contribution in [2.24, 2.45) is 0 Å². The van der Waals surface area contributed by atoms with Gasteiger partial charge in [-0.05, 0) is 49.2 Å². The Labute approximate surface area is 199 Å². The largest absolute Gasteiger partial charge is 0.497 e. The molecule has 2 aromatic rings. The number of fused-ring (bicyclic) bond motifs is 1. The van der Waals surface area contributed by atoms with Crippen molar-refractivity contribution in [3.63, 3.8) is 0 Å². The summed E-state index contributed by atoms with van der Waals surface area (Å²) in [6.45, 7) is 0.658. The summed E-state index contributed by atoms with van der Waals surface area (Å²) >= 11 is 6.44. The van der Waals surface area contributed by atoms with Gasteiger partial charge in [0.1, 0.15) is 11.5 Å². The maximum absolute atomic E-state index is 14.0. The standard InChI is InChI=1S/C25H30ClN3O4/c1-28(2)23(30)14-17-7-5-6-12-29(17)25(20-15-18(32-3)9-11-22(20)33-4)19-13-16(26)8-10-21(19)27-24(25)31/h8-11,13,15,17H,5-7,12,14H2,1-4H3,(H,27,31). The number of carbonyl (C=O) groups is 2. The van der Waals surface area contributed by atoms with Crippen LogP contribution in [0.5, 0.6) is 11.5 Å². The molecule has 0 saturated carbocycles. The lowest BCUT2D eigenvalue weighted by Crippen LogP contribution is -2.58. The molecule has 0 spiro atoms. The molecular formula is C25H30ClN3O4. The minimum atomic E-state index is -1.21. The Morgan fingerprint density at radius 2 is 1.94 bits per heavy atom. The van der Waals surface area contributed by atoms with Gasteiger partial charge in [-0.15, -0.1) is 0 Å². The van der Waals surface area contributed by atoms with Crippen LogP contribution in [0.2, 0.25) is 5.02 Å². The third kappa shape index (κ3) is 3.93. The van der Waals surface area contributed by atoms with Crippen molar-refractivity contribution in [2.75, 3.05) is 40.2 Å². The van der Waals surface area contributed by atoms with Crippen molar-refractivity contribution in [2.45, 2.75) is 37.3 Å². The van der Waals surface area contributed by atoms with Gasteiger partial charge in [0.15, 0.2) is 5.54 Å². The zero-order chi connectivity index (χ0) is 23.8. The lowest BCUT2D eigenvalue weighted by atomic mass is 9.78. The molecule has 33 heavy (non-hydrogen) atoms.